The third-order valence-corrected chi connectivity index (χ3v) is 3.33. The van der Waals surface area contributed by atoms with Gasteiger partial charge in [0.15, 0.2) is 0 Å². The van der Waals surface area contributed by atoms with Gasteiger partial charge >= 0.3 is 0 Å². The second-order valence-electron chi connectivity index (χ2n) is 5.08. The Balaban J connectivity index is 2.09. The molecule has 3 nitrogen and oxygen atoms in total. The minimum absolute atomic E-state index is 0.00943. The molecule has 0 aliphatic heterocycles. The lowest BCUT2D eigenvalue weighted by Gasteiger charge is -2.14. The molecule has 3 heteroatoms. The van der Waals surface area contributed by atoms with Crippen molar-refractivity contribution in [1.29, 1.82) is 0 Å². The van der Waals surface area contributed by atoms with Gasteiger partial charge in [-0.1, -0.05) is 38.1 Å². The standard InChI is InChI=1S/C15H21N3/c1-11(2)13-4-6-14(7-5-13)15(16)10-18-12(3)8-9-17-18/h4-9,11,15H,10,16H2,1-3H3. The lowest BCUT2D eigenvalue weighted by molar-refractivity contribution is 0.517. The van der Waals surface area contributed by atoms with E-state index in [0.717, 1.165) is 17.8 Å². The summed E-state index contributed by atoms with van der Waals surface area (Å²) in [5, 5.41) is 4.26. The Hall–Kier alpha value is -1.61. The van der Waals surface area contributed by atoms with Crippen LogP contribution in [0.15, 0.2) is 36.5 Å². The highest BCUT2D eigenvalue weighted by Gasteiger charge is 2.09. The number of aryl methyl sites for hydroxylation is 1. The van der Waals surface area contributed by atoms with Crippen LogP contribution in [-0.4, -0.2) is 9.78 Å². The van der Waals surface area contributed by atoms with Crippen LogP contribution >= 0.6 is 0 Å². The molecule has 1 unspecified atom stereocenters. The van der Waals surface area contributed by atoms with Gasteiger partial charge in [0.2, 0.25) is 0 Å². The maximum Gasteiger partial charge on any atom is 0.0605 e. The first-order chi connectivity index (χ1) is 8.58. The molecule has 2 N–H and O–H groups in total. The number of nitrogens with zero attached hydrogens (tertiary/aromatic N) is 2. The summed E-state index contributed by atoms with van der Waals surface area (Å²) in [6, 6.07) is 10.6. The topological polar surface area (TPSA) is 43.8 Å². The highest BCUT2D eigenvalue weighted by Crippen LogP contribution is 2.18. The van der Waals surface area contributed by atoms with E-state index in [9.17, 15) is 0 Å². The van der Waals surface area contributed by atoms with Crippen LogP contribution in [0, 0.1) is 6.92 Å². The Morgan fingerprint density at radius 3 is 2.22 bits per heavy atom. The molecule has 2 rings (SSSR count). The molecule has 0 aliphatic carbocycles. The van der Waals surface area contributed by atoms with Crippen LogP contribution < -0.4 is 5.73 Å². The summed E-state index contributed by atoms with van der Waals surface area (Å²) >= 11 is 0. The monoisotopic (exact) mass is 243 g/mol. The zero-order valence-electron chi connectivity index (χ0n) is 11.3. The van der Waals surface area contributed by atoms with E-state index in [4.69, 9.17) is 5.73 Å². The fraction of sp³-hybridized carbons (Fsp3) is 0.400. The summed E-state index contributed by atoms with van der Waals surface area (Å²) in [6.07, 6.45) is 1.81. The van der Waals surface area contributed by atoms with Gasteiger partial charge in [0, 0.05) is 17.9 Å². The molecule has 1 aromatic carbocycles. The van der Waals surface area contributed by atoms with E-state index < -0.39 is 0 Å². The van der Waals surface area contributed by atoms with Gasteiger partial charge in [-0.25, -0.2) is 0 Å². The van der Waals surface area contributed by atoms with E-state index in [-0.39, 0.29) is 6.04 Å². The molecular weight excluding hydrogens is 222 g/mol. The van der Waals surface area contributed by atoms with Crippen LogP contribution in [0.25, 0.3) is 0 Å². The van der Waals surface area contributed by atoms with E-state index in [2.05, 4.69) is 43.2 Å². The molecule has 0 radical (unpaired) electrons. The van der Waals surface area contributed by atoms with Crippen molar-refractivity contribution in [1.82, 2.24) is 9.78 Å². The maximum atomic E-state index is 6.22. The van der Waals surface area contributed by atoms with Gasteiger partial charge in [-0.3, -0.25) is 4.68 Å². The predicted molar refractivity (Wildman–Crippen MR) is 74.4 cm³/mol. The van der Waals surface area contributed by atoms with Gasteiger partial charge in [0.1, 0.15) is 0 Å². The number of nitrogens with two attached hydrogens (primary N) is 1. The van der Waals surface area contributed by atoms with E-state index >= 15 is 0 Å². The van der Waals surface area contributed by atoms with Crippen LogP contribution in [-0.2, 0) is 6.54 Å². The summed E-state index contributed by atoms with van der Waals surface area (Å²) < 4.78 is 1.95. The average molecular weight is 243 g/mol. The Kier molecular flexibility index (Phi) is 3.82. The Morgan fingerprint density at radius 2 is 1.72 bits per heavy atom. The first kappa shape index (κ1) is 12.8. The third-order valence-electron chi connectivity index (χ3n) is 3.33. The van der Waals surface area contributed by atoms with Gasteiger partial charge < -0.3 is 5.73 Å². The van der Waals surface area contributed by atoms with Crippen molar-refractivity contribution in [3.63, 3.8) is 0 Å². The van der Waals surface area contributed by atoms with Crippen LogP contribution in [0.4, 0.5) is 0 Å². The number of hydrogen-bond donors (Lipinski definition) is 1. The highest BCUT2D eigenvalue weighted by molar-refractivity contribution is 5.26. The first-order valence-corrected chi connectivity index (χ1v) is 6.42. The van der Waals surface area contributed by atoms with Crippen molar-refractivity contribution in [3.05, 3.63) is 53.3 Å². The molecule has 2 aromatic rings. The molecule has 18 heavy (non-hydrogen) atoms. The molecular formula is C15H21N3. The molecule has 0 fully saturated rings. The fourth-order valence-electron chi connectivity index (χ4n) is 2.01. The van der Waals surface area contributed by atoms with Crippen molar-refractivity contribution in [3.8, 4) is 0 Å². The molecule has 0 saturated carbocycles. The Morgan fingerprint density at radius 1 is 1.11 bits per heavy atom. The fourth-order valence-corrected chi connectivity index (χ4v) is 2.01. The minimum atomic E-state index is -0.00943. The van der Waals surface area contributed by atoms with Crippen molar-refractivity contribution < 1.29 is 0 Å². The lowest BCUT2D eigenvalue weighted by Crippen LogP contribution is -2.19. The molecule has 0 bridgehead atoms. The van der Waals surface area contributed by atoms with E-state index in [0.29, 0.717) is 5.92 Å². The molecule has 0 aliphatic rings. The molecule has 0 saturated heterocycles. The van der Waals surface area contributed by atoms with Gasteiger partial charge in [0.25, 0.3) is 0 Å². The zero-order valence-corrected chi connectivity index (χ0v) is 11.3. The van der Waals surface area contributed by atoms with Gasteiger partial charge in [-0.2, -0.15) is 5.10 Å². The van der Waals surface area contributed by atoms with Gasteiger partial charge in [0.05, 0.1) is 6.54 Å². The van der Waals surface area contributed by atoms with Crippen molar-refractivity contribution in [2.75, 3.05) is 0 Å². The second kappa shape index (κ2) is 5.36. The molecule has 1 atom stereocenters. The summed E-state index contributed by atoms with van der Waals surface area (Å²) in [6.45, 7) is 7.16. The molecule has 0 amide bonds. The molecule has 0 spiro atoms. The third kappa shape index (κ3) is 2.79. The van der Waals surface area contributed by atoms with Crippen molar-refractivity contribution in [2.24, 2.45) is 5.73 Å². The molecule has 1 heterocycles. The normalized spacial score (nSPS) is 12.9. The number of benzene rings is 1. The van der Waals surface area contributed by atoms with Gasteiger partial charge in [-0.15, -0.1) is 0 Å². The number of rotatable bonds is 4. The quantitative estimate of drug-likeness (QED) is 0.897. The van der Waals surface area contributed by atoms with E-state index in [1.54, 1.807) is 0 Å². The van der Waals surface area contributed by atoms with E-state index in [1.807, 2.05) is 23.9 Å². The Labute approximate surface area is 109 Å². The molecule has 96 valence electrons. The lowest BCUT2D eigenvalue weighted by atomic mass is 9.99. The summed E-state index contributed by atoms with van der Waals surface area (Å²) in [5.41, 5.74) is 9.87. The molecule has 1 aromatic heterocycles. The maximum absolute atomic E-state index is 6.22. The average Bonchev–Trinajstić information content (AvgIpc) is 2.75. The second-order valence-corrected chi connectivity index (χ2v) is 5.08. The van der Waals surface area contributed by atoms with Crippen LogP contribution in [0.1, 0.15) is 42.6 Å². The van der Waals surface area contributed by atoms with Crippen LogP contribution in [0.2, 0.25) is 0 Å². The highest BCUT2D eigenvalue weighted by atomic mass is 15.3. The van der Waals surface area contributed by atoms with E-state index in [1.165, 1.54) is 5.56 Å². The summed E-state index contributed by atoms with van der Waals surface area (Å²) in [5.74, 6) is 0.559. The van der Waals surface area contributed by atoms with Gasteiger partial charge in [-0.05, 0) is 30.0 Å². The number of hydrogen-bond acceptors (Lipinski definition) is 2. The summed E-state index contributed by atoms with van der Waals surface area (Å²) in [7, 11) is 0. The van der Waals surface area contributed by atoms with Crippen LogP contribution in [0.5, 0.6) is 0 Å². The number of aromatic nitrogens is 2. The predicted octanol–water partition coefficient (Wildman–Crippen LogP) is 3.01. The van der Waals surface area contributed by atoms with Crippen molar-refractivity contribution >= 4 is 0 Å². The smallest absolute Gasteiger partial charge is 0.0605 e. The van der Waals surface area contributed by atoms with Crippen molar-refractivity contribution in [2.45, 2.75) is 39.3 Å². The first-order valence-electron chi connectivity index (χ1n) is 6.42. The largest absolute Gasteiger partial charge is 0.322 e. The zero-order chi connectivity index (χ0) is 13.1. The minimum Gasteiger partial charge on any atom is -0.322 e. The Bertz CT molecular complexity index is 497. The summed E-state index contributed by atoms with van der Waals surface area (Å²) in [4.78, 5) is 0. The SMILES string of the molecule is Cc1ccnn1CC(N)c1ccc(C(C)C)cc1. The van der Waals surface area contributed by atoms with Crippen LogP contribution in [0.3, 0.4) is 0 Å².